The van der Waals surface area contributed by atoms with Crippen LogP contribution in [0.1, 0.15) is 29.5 Å². The lowest BCUT2D eigenvalue weighted by atomic mass is 9.67. The molecule has 104 valence electrons. The summed E-state index contributed by atoms with van der Waals surface area (Å²) in [4.78, 5) is 0. The van der Waals surface area contributed by atoms with Gasteiger partial charge in [0.1, 0.15) is 0 Å². The van der Waals surface area contributed by atoms with Crippen LogP contribution in [0.25, 0.3) is 0 Å². The van der Waals surface area contributed by atoms with Gasteiger partial charge in [0.2, 0.25) is 0 Å². The van der Waals surface area contributed by atoms with Gasteiger partial charge in [-0.05, 0) is 49.4 Å². The van der Waals surface area contributed by atoms with Crippen molar-refractivity contribution in [3.8, 4) is 0 Å². The van der Waals surface area contributed by atoms with Crippen molar-refractivity contribution in [1.29, 1.82) is 0 Å². The largest absolute Gasteiger partial charge is 0.319 e. The molecule has 0 saturated heterocycles. The van der Waals surface area contributed by atoms with Crippen LogP contribution in [0.2, 0.25) is 0 Å². The number of benzene rings is 2. The Kier molecular flexibility index (Phi) is 3.88. The zero-order chi connectivity index (χ0) is 13.8. The first-order valence-electron chi connectivity index (χ1n) is 7.61. The summed E-state index contributed by atoms with van der Waals surface area (Å²) >= 11 is 0. The Labute approximate surface area is 122 Å². The molecule has 1 unspecified atom stereocenters. The minimum absolute atomic E-state index is 0.255. The molecule has 0 aliphatic heterocycles. The minimum atomic E-state index is 0.255. The van der Waals surface area contributed by atoms with Crippen molar-refractivity contribution >= 4 is 0 Å². The summed E-state index contributed by atoms with van der Waals surface area (Å²) in [6.07, 6.45) is 4.94. The van der Waals surface area contributed by atoms with Crippen molar-refractivity contribution in [2.45, 2.75) is 31.1 Å². The van der Waals surface area contributed by atoms with Crippen molar-refractivity contribution < 1.29 is 0 Å². The summed E-state index contributed by atoms with van der Waals surface area (Å²) in [7, 11) is 2.07. The molecule has 0 aromatic heterocycles. The third-order valence-electron chi connectivity index (χ3n) is 4.59. The Balaban J connectivity index is 2.01. The van der Waals surface area contributed by atoms with Crippen molar-refractivity contribution in [3.63, 3.8) is 0 Å². The Hall–Kier alpha value is -1.60. The maximum Gasteiger partial charge on any atom is 0.0121 e. The molecule has 0 amide bonds. The van der Waals surface area contributed by atoms with E-state index in [4.69, 9.17) is 0 Å². The van der Waals surface area contributed by atoms with Crippen LogP contribution < -0.4 is 5.32 Å². The molecule has 1 heteroatoms. The van der Waals surface area contributed by atoms with Crippen molar-refractivity contribution in [3.05, 3.63) is 71.3 Å². The van der Waals surface area contributed by atoms with E-state index in [0.29, 0.717) is 0 Å². The van der Waals surface area contributed by atoms with Gasteiger partial charge >= 0.3 is 0 Å². The SMILES string of the molecule is CNCC1(Cc2ccccc2)CCCc2ccccc21. The number of hydrogen-bond acceptors (Lipinski definition) is 1. The van der Waals surface area contributed by atoms with Gasteiger partial charge in [0.15, 0.2) is 0 Å². The van der Waals surface area contributed by atoms with Gasteiger partial charge in [-0.3, -0.25) is 0 Å². The van der Waals surface area contributed by atoms with E-state index in [1.54, 1.807) is 11.1 Å². The summed E-state index contributed by atoms with van der Waals surface area (Å²) in [6, 6.07) is 19.9. The zero-order valence-corrected chi connectivity index (χ0v) is 12.2. The molecule has 1 atom stereocenters. The van der Waals surface area contributed by atoms with Crippen LogP contribution in [0.3, 0.4) is 0 Å². The lowest BCUT2D eigenvalue weighted by molar-refractivity contribution is 0.345. The monoisotopic (exact) mass is 265 g/mol. The van der Waals surface area contributed by atoms with Gasteiger partial charge in [-0.1, -0.05) is 54.6 Å². The van der Waals surface area contributed by atoms with Crippen molar-refractivity contribution in [1.82, 2.24) is 5.32 Å². The smallest absolute Gasteiger partial charge is 0.0121 e. The molecule has 3 rings (SSSR count). The van der Waals surface area contributed by atoms with Crippen LogP contribution in [0.4, 0.5) is 0 Å². The molecule has 2 aromatic carbocycles. The van der Waals surface area contributed by atoms with E-state index in [1.165, 1.54) is 24.8 Å². The topological polar surface area (TPSA) is 12.0 Å². The van der Waals surface area contributed by atoms with Crippen LogP contribution in [-0.4, -0.2) is 13.6 Å². The first-order chi connectivity index (χ1) is 9.84. The highest BCUT2D eigenvalue weighted by molar-refractivity contribution is 5.39. The second-order valence-corrected chi connectivity index (χ2v) is 5.98. The predicted molar refractivity (Wildman–Crippen MR) is 85.1 cm³/mol. The Bertz CT molecular complexity index is 561. The molecule has 0 saturated carbocycles. The third-order valence-corrected chi connectivity index (χ3v) is 4.59. The van der Waals surface area contributed by atoms with Crippen LogP contribution in [0, 0.1) is 0 Å². The standard InChI is InChI=1S/C19H23N/c1-20-15-19(14-16-8-3-2-4-9-16)13-7-11-17-10-5-6-12-18(17)19/h2-6,8-10,12,20H,7,11,13-15H2,1H3. The highest BCUT2D eigenvalue weighted by Crippen LogP contribution is 2.39. The summed E-state index contributed by atoms with van der Waals surface area (Å²) < 4.78 is 0. The molecule has 1 N–H and O–H groups in total. The van der Waals surface area contributed by atoms with E-state index in [1.807, 2.05) is 0 Å². The maximum absolute atomic E-state index is 3.44. The second-order valence-electron chi connectivity index (χ2n) is 5.98. The molecule has 1 nitrogen and oxygen atoms in total. The fourth-order valence-corrected chi connectivity index (χ4v) is 3.76. The van der Waals surface area contributed by atoms with Crippen LogP contribution in [0.15, 0.2) is 54.6 Å². The van der Waals surface area contributed by atoms with Gasteiger partial charge in [-0.2, -0.15) is 0 Å². The molecule has 0 heterocycles. The van der Waals surface area contributed by atoms with Gasteiger partial charge in [-0.25, -0.2) is 0 Å². The van der Waals surface area contributed by atoms with Gasteiger partial charge in [0.05, 0.1) is 0 Å². The van der Waals surface area contributed by atoms with E-state index in [2.05, 4.69) is 67.0 Å². The lowest BCUT2D eigenvalue weighted by Gasteiger charge is -2.39. The summed E-state index contributed by atoms with van der Waals surface area (Å²) in [5, 5.41) is 3.44. The average molecular weight is 265 g/mol. The number of hydrogen-bond donors (Lipinski definition) is 1. The Morgan fingerprint density at radius 3 is 2.55 bits per heavy atom. The van der Waals surface area contributed by atoms with Gasteiger partial charge in [0, 0.05) is 12.0 Å². The molecular formula is C19H23N. The molecule has 0 bridgehead atoms. The Morgan fingerprint density at radius 1 is 1.00 bits per heavy atom. The van der Waals surface area contributed by atoms with E-state index in [0.717, 1.165) is 13.0 Å². The molecular weight excluding hydrogens is 242 g/mol. The normalized spacial score (nSPS) is 21.4. The zero-order valence-electron chi connectivity index (χ0n) is 12.2. The van der Waals surface area contributed by atoms with E-state index in [9.17, 15) is 0 Å². The predicted octanol–water partition coefficient (Wildman–Crippen LogP) is 3.72. The van der Waals surface area contributed by atoms with Crippen LogP contribution >= 0.6 is 0 Å². The number of aryl methyl sites for hydroxylation is 1. The maximum atomic E-state index is 3.44. The molecule has 1 aliphatic carbocycles. The minimum Gasteiger partial charge on any atom is -0.319 e. The highest BCUT2D eigenvalue weighted by atomic mass is 14.8. The van der Waals surface area contributed by atoms with Crippen LogP contribution in [-0.2, 0) is 18.3 Å². The van der Waals surface area contributed by atoms with Crippen LogP contribution in [0.5, 0.6) is 0 Å². The van der Waals surface area contributed by atoms with Crippen molar-refractivity contribution in [2.24, 2.45) is 0 Å². The highest BCUT2D eigenvalue weighted by Gasteiger charge is 2.35. The van der Waals surface area contributed by atoms with E-state index < -0.39 is 0 Å². The number of fused-ring (bicyclic) bond motifs is 1. The number of rotatable bonds is 4. The first-order valence-corrected chi connectivity index (χ1v) is 7.61. The molecule has 1 aliphatic rings. The summed E-state index contributed by atoms with van der Waals surface area (Å²) in [6.45, 7) is 1.05. The molecule has 0 fully saturated rings. The van der Waals surface area contributed by atoms with Crippen molar-refractivity contribution in [2.75, 3.05) is 13.6 Å². The third kappa shape index (κ3) is 2.51. The van der Waals surface area contributed by atoms with Gasteiger partial charge in [-0.15, -0.1) is 0 Å². The second kappa shape index (κ2) is 5.80. The quantitative estimate of drug-likeness (QED) is 0.888. The van der Waals surface area contributed by atoms with E-state index >= 15 is 0 Å². The van der Waals surface area contributed by atoms with E-state index in [-0.39, 0.29) is 5.41 Å². The fraction of sp³-hybridized carbons (Fsp3) is 0.368. The number of nitrogens with one attached hydrogen (secondary N) is 1. The summed E-state index contributed by atoms with van der Waals surface area (Å²) in [5.74, 6) is 0. The molecule has 20 heavy (non-hydrogen) atoms. The van der Waals surface area contributed by atoms with Gasteiger partial charge in [0.25, 0.3) is 0 Å². The van der Waals surface area contributed by atoms with Gasteiger partial charge < -0.3 is 5.32 Å². The average Bonchev–Trinajstić information content (AvgIpc) is 2.49. The molecule has 0 radical (unpaired) electrons. The fourth-order valence-electron chi connectivity index (χ4n) is 3.76. The number of likely N-dealkylation sites (N-methyl/N-ethyl adjacent to an activating group) is 1. The summed E-state index contributed by atoms with van der Waals surface area (Å²) in [5.41, 5.74) is 4.80. The first kappa shape index (κ1) is 13.4. The molecule has 0 spiro atoms. The lowest BCUT2D eigenvalue weighted by Crippen LogP contribution is -2.41. The Morgan fingerprint density at radius 2 is 1.75 bits per heavy atom. The molecule has 2 aromatic rings.